The summed E-state index contributed by atoms with van der Waals surface area (Å²) in [5.41, 5.74) is 9.59. The lowest BCUT2D eigenvalue weighted by Gasteiger charge is -2.12. The number of H-pyrrole nitrogens is 1. The molecule has 0 amide bonds. The Hall–Kier alpha value is -1.77. The molecule has 27 heavy (non-hydrogen) atoms. The van der Waals surface area contributed by atoms with Crippen LogP contribution in [0.4, 0.5) is 5.82 Å². The number of aromatic nitrogens is 3. The van der Waals surface area contributed by atoms with Crippen LogP contribution in [0.1, 0.15) is 38.2 Å². The molecule has 0 bridgehead atoms. The summed E-state index contributed by atoms with van der Waals surface area (Å²) in [7, 11) is 1.73. The van der Waals surface area contributed by atoms with Crippen LogP contribution in [-0.2, 0) is 11.3 Å². The third-order valence-corrected chi connectivity index (χ3v) is 5.41. The van der Waals surface area contributed by atoms with Crippen molar-refractivity contribution in [1.29, 1.82) is 0 Å². The summed E-state index contributed by atoms with van der Waals surface area (Å²) in [6.07, 6.45) is 7.25. The van der Waals surface area contributed by atoms with Gasteiger partial charge in [-0.2, -0.15) is 11.8 Å². The molecule has 0 aliphatic carbocycles. The van der Waals surface area contributed by atoms with Gasteiger partial charge in [0.05, 0.1) is 11.3 Å². The first-order valence-corrected chi connectivity index (χ1v) is 10.6. The minimum absolute atomic E-state index is 0.456. The van der Waals surface area contributed by atoms with E-state index in [0.717, 1.165) is 66.0 Å². The number of unbranched alkanes of at least 4 members (excludes halogenated alkanes) is 1. The molecule has 150 valence electrons. The van der Waals surface area contributed by atoms with Gasteiger partial charge in [0.2, 0.25) is 0 Å². The highest BCUT2D eigenvalue weighted by Gasteiger charge is 2.10. The minimum Gasteiger partial charge on any atom is -0.512 e. The van der Waals surface area contributed by atoms with Gasteiger partial charge in [-0.1, -0.05) is 6.92 Å². The van der Waals surface area contributed by atoms with Gasteiger partial charge in [0.15, 0.2) is 5.82 Å². The van der Waals surface area contributed by atoms with E-state index in [0.29, 0.717) is 24.7 Å². The van der Waals surface area contributed by atoms with Crippen molar-refractivity contribution in [3.8, 4) is 0 Å². The smallest absolute Gasteiger partial charge is 0.151 e. The number of nitrogens with two attached hydrogens (primary N) is 1. The van der Waals surface area contributed by atoms with Crippen molar-refractivity contribution >= 4 is 28.6 Å². The predicted octanol–water partition coefficient (Wildman–Crippen LogP) is 3.40. The van der Waals surface area contributed by atoms with Gasteiger partial charge in [-0.25, -0.2) is 9.97 Å². The molecular weight excluding hydrogens is 362 g/mol. The molecule has 0 aromatic carbocycles. The zero-order chi connectivity index (χ0) is 19.5. The molecule has 0 saturated carbocycles. The number of nitrogens with zero attached hydrogens (tertiary/aromatic N) is 2. The van der Waals surface area contributed by atoms with Crippen LogP contribution < -0.4 is 11.1 Å². The van der Waals surface area contributed by atoms with Crippen LogP contribution in [-0.4, -0.2) is 51.8 Å². The van der Waals surface area contributed by atoms with Crippen LogP contribution >= 0.6 is 11.8 Å². The number of fused-ring (bicyclic) bond motifs is 1. The molecule has 0 radical (unpaired) electrons. The average molecular weight is 394 g/mol. The molecule has 0 spiro atoms. The lowest BCUT2D eigenvalue weighted by Crippen LogP contribution is -2.19. The normalized spacial score (nSPS) is 12.5. The highest BCUT2D eigenvalue weighted by Crippen LogP contribution is 2.19. The maximum atomic E-state index is 10.4. The Kier molecular flexibility index (Phi) is 9.44. The minimum atomic E-state index is 0.456. The number of nitrogens with one attached hydrogen (secondary N) is 2. The van der Waals surface area contributed by atoms with Gasteiger partial charge < -0.3 is 25.9 Å². The zero-order valence-electron chi connectivity index (χ0n) is 16.3. The number of allylic oxidation sites excluding steroid dienone is 1. The van der Waals surface area contributed by atoms with Crippen molar-refractivity contribution in [1.82, 2.24) is 20.3 Å². The molecule has 8 heteroatoms. The number of anilines is 1. The molecule has 0 saturated heterocycles. The molecule has 2 rings (SSSR count). The van der Waals surface area contributed by atoms with E-state index in [9.17, 15) is 5.11 Å². The SMILES string of the molecule is CCC/C(O)=C(\CNCc1c[nH]c2c(N)ncnc12)CSCCCCOC. The fraction of sp³-hybridized carbons (Fsp3) is 0.579. The number of methoxy groups -OCH3 is 1. The lowest BCUT2D eigenvalue weighted by atomic mass is 10.1. The number of thioether (sulfide) groups is 1. The molecule has 2 heterocycles. The highest BCUT2D eigenvalue weighted by atomic mass is 32.2. The molecule has 2 aromatic rings. The van der Waals surface area contributed by atoms with Gasteiger partial charge in [-0.15, -0.1) is 0 Å². The van der Waals surface area contributed by atoms with Gasteiger partial charge in [0.1, 0.15) is 11.8 Å². The molecule has 2 aromatic heterocycles. The summed E-state index contributed by atoms with van der Waals surface area (Å²) in [6, 6.07) is 0. The summed E-state index contributed by atoms with van der Waals surface area (Å²) >= 11 is 1.86. The van der Waals surface area contributed by atoms with Crippen molar-refractivity contribution in [3.05, 3.63) is 29.4 Å². The van der Waals surface area contributed by atoms with E-state index in [1.54, 1.807) is 7.11 Å². The Bertz CT molecular complexity index is 732. The summed E-state index contributed by atoms with van der Waals surface area (Å²) in [6.45, 7) is 4.20. The Morgan fingerprint density at radius 3 is 3.00 bits per heavy atom. The van der Waals surface area contributed by atoms with Crippen LogP contribution in [0.3, 0.4) is 0 Å². The number of nitrogen functional groups attached to an aromatic ring is 1. The number of ether oxygens (including phenoxy) is 1. The van der Waals surface area contributed by atoms with Gasteiger partial charge in [0.25, 0.3) is 0 Å². The second kappa shape index (κ2) is 11.8. The molecule has 0 unspecified atom stereocenters. The molecule has 0 aliphatic rings. The first kappa shape index (κ1) is 21.5. The van der Waals surface area contributed by atoms with Crippen molar-refractivity contribution in [2.24, 2.45) is 0 Å². The molecule has 0 atom stereocenters. The van der Waals surface area contributed by atoms with Crippen LogP contribution in [0, 0.1) is 0 Å². The first-order valence-electron chi connectivity index (χ1n) is 9.41. The second-order valence-corrected chi connectivity index (χ2v) is 7.56. The van der Waals surface area contributed by atoms with E-state index in [4.69, 9.17) is 10.5 Å². The Balaban J connectivity index is 1.87. The van der Waals surface area contributed by atoms with Crippen molar-refractivity contribution in [2.75, 3.05) is 37.5 Å². The standard InChI is InChI=1S/C19H31N5O2S/c1-3-6-16(25)15(12-27-8-5-4-7-26-2)10-21-9-14-11-22-18-17(14)23-13-24-19(18)20/h11,13,21-22,25H,3-10,12H2,1-2H3,(H2,20,23,24)/b16-15-. The van der Waals surface area contributed by atoms with E-state index in [2.05, 4.69) is 27.2 Å². The molecule has 5 N–H and O–H groups in total. The number of aromatic amines is 1. The summed E-state index contributed by atoms with van der Waals surface area (Å²) in [5.74, 6) is 2.89. The van der Waals surface area contributed by atoms with Gasteiger partial charge in [-0.3, -0.25) is 0 Å². The van der Waals surface area contributed by atoms with Crippen LogP contribution in [0.5, 0.6) is 0 Å². The van der Waals surface area contributed by atoms with Crippen molar-refractivity contribution in [3.63, 3.8) is 0 Å². The first-order chi connectivity index (χ1) is 13.2. The Labute approximate surface area is 165 Å². The summed E-state index contributed by atoms with van der Waals surface area (Å²) in [5, 5.41) is 13.8. The quantitative estimate of drug-likeness (QED) is 0.305. The number of hydrogen-bond acceptors (Lipinski definition) is 7. The van der Waals surface area contributed by atoms with E-state index < -0.39 is 0 Å². The van der Waals surface area contributed by atoms with Crippen LogP contribution in [0.15, 0.2) is 23.9 Å². The fourth-order valence-electron chi connectivity index (χ4n) is 2.79. The monoisotopic (exact) mass is 393 g/mol. The van der Waals surface area contributed by atoms with Crippen molar-refractivity contribution < 1.29 is 9.84 Å². The Morgan fingerprint density at radius 1 is 1.37 bits per heavy atom. The number of aliphatic hydroxyl groups is 1. The molecular formula is C19H31N5O2S. The molecule has 0 fully saturated rings. The number of hydrogen-bond donors (Lipinski definition) is 4. The zero-order valence-corrected chi connectivity index (χ0v) is 17.1. The van der Waals surface area contributed by atoms with Gasteiger partial charge >= 0.3 is 0 Å². The van der Waals surface area contributed by atoms with E-state index in [1.165, 1.54) is 6.33 Å². The number of aliphatic hydroxyl groups excluding tert-OH is 1. The summed E-state index contributed by atoms with van der Waals surface area (Å²) in [4.78, 5) is 11.4. The van der Waals surface area contributed by atoms with Crippen LogP contribution in [0.2, 0.25) is 0 Å². The highest BCUT2D eigenvalue weighted by molar-refractivity contribution is 7.99. The van der Waals surface area contributed by atoms with E-state index in [1.807, 2.05) is 18.0 Å². The topological polar surface area (TPSA) is 109 Å². The second-order valence-electron chi connectivity index (χ2n) is 6.45. The Morgan fingerprint density at radius 2 is 2.22 bits per heavy atom. The third-order valence-electron chi connectivity index (χ3n) is 4.28. The predicted molar refractivity (Wildman–Crippen MR) is 113 cm³/mol. The third kappa shape index (κ3) is 6.71. The van der Waals surface area contributed by atoms with E-state index in [-0.39, 0.29) is 0 Å². The van der Waals surface area contributed by atoms with E-state index >= 15 is 0 Å². The fourth-order valence-corrected chi connectivity index (χ4v) is 3.86. The average Bonchev–Trinajstić information content (AvgIpc) is 3.07. The lowest BCUT2D eigenvalue weighted by molar-refractivity contribution is 0.194. The van der Waals surface area contributed by atoms with Gasteiger partial charge in [0, 0.05) is 50.7 Å². The maximum absolute atomic E-state index is 10.4. The molecule has 0 aliphatic heterocycles. The summed E-state index contributed by atoms with van der Waals surface area (Å²) < 4.78 is 5.08. The van der Waals surface area contributed by atoms with Crippen LogP contribution in [0.25, 0.3) is 11.0 Å². The largest absolute Gasteiger partial charge is 0.512 e. The van der Waals surface area contributed by atoms with Crippen molar-refractivity contribution in [2.45, 2.75) is 39.2 Å². The van der Waals surface area contributed by atoms with Gasteiger partial charge in [-0.05, 0) is 30.6 Å². The molecule has 7 nitrogen and oxygen atoms in total. The number of rotatable bonds is 13. The maximum Gasteiger partial charge on any atom is 0.151 e.